The predicted octanol–water partition coefficient (Wildman–Crippen LogP) is 2.83. The van der Waals surface area contributed by atoms with Crippen LogP contribution in [0.15, 0.2) is 34.9 Å². The molecule has 0 aliphatic rings. The fraction of sp³-hybridized carbons (Fsp3) is 0.154. The number of rotatable bonds is 4. The van der Waals surface area contributed by atoms with Gasteiger partial charge in [0.05, 0.1) is 12.8 Å². The standard InChI is InChI=1S/C13H12F2N2OS/c1-17(7-9-3-2-4-18-9)12-10(14)5-8(13(16)19)6-11(12)15/h2-6H,7H2,1H3,(H2,16,19). The molecule has 6 heteroatoms. The van der Waals surface area contributed by atoms with Crippen molar-refractivity contribution in [3.05, 3.63) is 53.5 Å². The highest BCUT2D eigenvalue weighted by atomic mass is 32.1. The molecule has 0 bridgehead atoms. The number of hydrogen-bond acceptors (Lipinski definition) is 3. The number of halogens is 2. The molecule has 2 aromatic rings. The Morgan fingerprint density at radius 2 is 2.00 bits per heavy atom. The Balaban J connectivity index is 2.31. The van der Waals surface area contributed by atoms with E-state index in [1.54, 1.807) is 19.2 Å². The lowest BCUT2D eigenvalue weighted by molar-refractivity contribution is 0.502. The molecule has 0 saturated heterocycles. The number of nitrogens with two attached hydrogens (primary N) is 1. The Labute approximate surface area is 114 Å². The minimum absolute atomic E-state index is 0.0435. The zero-order chi connectivity index (χ0) is 14.0. The number of hydrogen-bond donors (Lipinski definition) is 1. The fourth-order valence-electron chi connectivity index (χ4n) is 1.79. The molecule has 0 fully saturated rings. The average Bonchev–Trinajstić information content (AvgIpc) is 2.80. The summed E-state index contributed by atoms with van der Waals surface area (Å²) in [6.07, 6.45) is 1.51. The number of anilines is 1. The van der Waals surface area contributed by atoms with E-state index in [1.165, 1.54) is 11.2 Å². The SMILES string of the molecule is CN(Cc1ccco1)c1c(F)cc(C(N)=S)cc1F. The van der Waals surface area contributed by atoms with Gasteiger partial charge in [-0.15, -0.1) is 0 Å². The second kappa shape index (κ2) is 5.36. The molecule has 0 spiro atoms. The molecule has 3 nitrogen and oxygen atoms in total. The first kappa shape index (κ1) is 13.5. The summed E-state index contributed by atoms with van der Waals surface area (Å²) in [5.74, 6) is -0.812. The molecule has 2 rings (SSSR count). The molecule has 0 radical (unpaired) electrons. The molecule has 0 amide bonds. The summed E-state index contributed by atoms with van der Waals surface area (Å²) in [5.41, 5.74) is 5.38. The summed E-state index contributed by atoms with van der Waals surface area (Å²) < 4.78 is 33.0. The van der Waals surface area contributed by atoms with E-state index in [4.69, 9.17) is 22.4 Å². The summed E-state index contributed by atoms with van der Waals surface area (Å²) in [4.78, 5) is 1.38. The molecule has 2 N–H and O–H groups in total. The normalized spacial score (nSPS) is 10.5. The van der Waals surface area contributed by atoms with Gasteiger partial charge in [-0.1, -0.05) is 12.2 Å². The van der Waals surface area contributed by atoms with E-state index in [2.05, 4.69) is 0 Å². The molecule has 100 valence electrons. The third-order valence-corrected chi connectivity index (χ3v) is 2.89. The molecule has 1 aromatic heterocycles. The van der Waals surface area contributed by atoms with Gasteiger partial charge in [0.2, 0.25) is 0 Å². The van der Waals surface area contributed by atoms with Crippen molar-refractivity contribution in [2.24, 2.45) is 5.73 Å². The molecular formula is C13H12F2N2OS. The third-order valence-electron chi connectivity index (χ3n) is 2.66. The van der Waals surface area contributed by atoms with Crippen LogP contribution in [0, 0.1) is 11.6 Å². The molecule has 0 saturated carbocycles. The van der Waals surface area contributed by atoms with Gasteiger partial charge in [-0.3, -0.25) is 0 Å². The molecule has 19 heavy (non-hydrogen) atoms. The number of furan rings is 1. The van der Waals surface area contributed by atoms with Crippen LogP contribution in [-0.4, -0.2) is 12.0 Å². The highest BCUT2D eigenvalue weighted by Gasteiger charge is 2.17. The van der Waals surface area contributed by atoms with E-state index in [9.17, 15) is 8.78 Å². The Bertz CT molecular complexity index is 576. The van der Waals surface area contributed by atoms with Crippen molar-refractivity contribution in [2.45, 2.75) is 6.54 Å². The van der Waals surface area contributed by atoms with E-state index < -0.39 is 11.6 Å². The largest absolute Gasteiger partial charge is 0.467 e. The van der Waals surface area contributed by atoms with E-state index in [0.717, 1.165) is 12.1 Å². The second-order valence-corrected chi connectivity index (χ2v) is 4.53. The lowest BCUT2D eigenvalue weighted by atomic mass is 10.1. The van der Waals surface area contributed by atoms with Crippen molar-refractivity contribution in [2.75, 3.05) is 11.9 Å². The Kier molecular flexibility index (Phi) is 3.80. The first-order chi connectivity index (χ1) is 8.99. The van der Waals surface area contributed by atoms with Crippen LogP contribution in [0.5, 0.6) is 0 Å². The van der Waals surface area contributed by atoms with Crippen LogP contribution >= 0.6 is 12.2 Å². The van der Waals surface area contributed by atoms with Crippen LogP contribution in [0.4, 0.5) is 14.5 Å². The van der Waals surface area contributed by atoms with Crippen molar-refractivity contribution in [3.63, 3.8) is 0 Å². The van der Waals surface area contributed by atoms with Crippen LogP contribution in [0.3, 0.4) is 0 Å². The monoisotopic (exact) mass is 282 g/mol. The van der Waals surface area contributed by atoms with Crippen molar-refractivity contribution < 1.29 is 13.2 Å². The fourth-order valence-corrected chi connectivity index (χ4v) is 1.91. The first-order valence-electron chi connectivity index (χ1n) is 5.51. The maximum absolute atomic E-state index is 13.9. The Morgan fingerprint density at radius 3 is 2.47 bits per heavy atom. The maximum atomic E-state index is 13.9. The molecule has 1 heterocycles. The van der Waals surface area contributed by atoms with Crippen LogP contribution in [0.25, 0.3) is 0 Å². The molecule has 0 atom stereocenters. The van der Waals surface area contributed by atoms with E-state index in [0.29, 0.717) is 5.76 Å². The zero-order valence-corrected chi connectivity index (χ0v) is 11.0. The summed E-state index contributed by atoms with van der Waals surface area (Å²) >= 11 is 4.70. The third kappa shape index (κ3) is 2.90. The van der Waals surface area contributed by atoms with Crippen molar-refractivity contribution in [3.8, 4) is 0 Å². The van der Waals surface area contributed by atoms with Crippen LogP contribution in [0.2, 0.25) is 0 Å². The smallest absolute Gasteiger partial charge is 0.150 e. The lowest BCUT2D eigenvalue weighted by Gasteiger charge is -2.19. The van der Waals surface area contributed by atoms with Crippen molar-refractivity contribution in [1.82, 2.24) is 0 Å². The van der Waals surface area contributed by atoms with Gasteiger partial charge in [0.1, 0.15) is 28.1 Å². The van der Waals surface area contributed by atoms with E-state index in [1.807, 2.05) is 0 Å². The van der Waals surface area contributed by atoms with Gasteiger partial charge in [-0.2, -0.15) is 0 Å². The Morgan fingerprint density at radius 1 is 1.37 bits per heavy atom. The van der Waals surface area contributed by atoms with Crippen molar-refractivity contribution >= 4 is 22.9 Å². The van der Waals surface area contributed by atoms with Gasteiger partial charge < -0.3 is 15.1 Å². The van der Waals surface area contributed by atoms with Gasteiger partial charge in [-0.05, 0) is 24.3 Å². The summed E-state index contributed by atoms with van der Waals surface area (Å²) in [7, 11) is 1.57. The Hall–Kier alpha value is -1.95. The first-order valence-corrected chi connectivity index (χ1v) is 5.92. The average molecular weight is 282 g/mol. The summed E-state index contributed by atoms with van der Waals surface area (Å²) in [6, 6.07) is 5.69. The van der Waals surface area contributed by atoms with E-state index in [-0.39, 0.29) is 22.8 Å². The lowest BCUT2D eigenvalue weighted by Crippen LogP contribution is -2.20. The van der Waals surface area contributed by atoms with Gasteiger partial charge in [0.15, 0.2) is 0 Å². The number of benzene rings is 1. The topological polar surface area (TPSA) is 42.4 Å². The minimum Gasteiger partial charge on any atom is -0.467 e. The van der Waals surface area contributed by atoms with Gasteiger partial charge in [0, 0.05) is 12.6 Å². The highest BCUT2D eigenvalue weighted by Crippen LogP contribution is 2.25. The molecule has 0 aliphatic heterocycles. The van der Waals surface area contributed by atoms with Crippen molar-refractivity contribution in [1.29, 1.82) is 0 Å². The summed E-state index contributed by atoms with van der Waals surface area (Å²) in [6.45, 7) is 0.257. The quantitative estimate of drug-likeness (QED) is 0.876. The van der Waals surface area contributed by atoms with Gasteiger partial charge >= 0.3 is 0 Å². The van der Waals surface area contributed by atoms with Crippen LogP contribution < -0.4 is 10.6 Å². The van der Waals surface area contributed by atoms with Gasteiger partial charge in [0.25, 0.3) is 0 Å². The van der Waals surface area contributed by atoms with Crippen LogP contribution in [0.1, 0.15) is 11.3 Å². The molecular weight excluding hydrogens is 270 g/mol. The number of nitrogens with zero attached hydrogens (tertiary/aromatic N) is 1. The molecule has 0 aliphatic carbocycles. The maximum Gasteiger partial charge on any atom is 0.150 e. The molecule has 1 aromatic carbocycles. The highest BCUT2D eigenvalue weighted by molar-refractivity contribution is 7.80. The zero-order valence-electron chi connectivity index (χ0n) is 10.2. The second-order valence-electron chi connectivity index (χ2n) is 4.09. The predicted molar refractivity (Wildman–Crippen MR) is 73.1 cm³/mol. The van der Waals surface area contributed by atoms with E-state index >= 15 is 0 Å². The molecule has 0 unspecified atom stereocenters. The number of thiocarbonyl (C=S) groups is 1. The van der Waals surface area contributed by atoms with Crippen LogP contribution in [-0.2, 0) is 6.54 Å². The summed E-state index contributed by atoms with van der Waals surface area (Å²) in [5, 5.41) is 0. The van der Waals surface area contributed by atoms with Gasteiger partial charge in [-0.25, -0.2) is 8.78 Å². The minimum atomic E-state index is -0.711.